The van der Waals surface area contributed by atoms with E-state index in [0.717, 1.165) is 11.3 Å². The molecule has 104 valence electrons. The van der Waals surface area contributed by atoms with E-state index in [-0.39, 0.29) is 16.3 Å². The number of thiazole rings is 1. The van der Waals surface area contributed by atoms with Gasteiger partial charge >= 0.3 is 0 Å². The molecule has 0 atom stereocenters. The van der Waals surface area contributed by atoms with Gasteiger partial charge in [0.05, 0.1) is 10.6 Å². The van der Waals surface area contributed by atoms with Crippen molar-refractivity contribution in [1.82, 2.24) is 4.98 Å². The highest BCUT2D eigenvalue weighted by Gasteiger charge is 2.35. The Labute approximate surface area is 129 Å². The molecule has 1 N–H and O–H groups in total. The molecule has 4 nitrogen and oxygen atoms in total. The van der Waals surface area contributed by atoms with Gasteiger partial charge in [0.15, 0.2) is 10.9 Å². The van der Waals surface area contributed by atoms with Crippen molar-refractivity contribution in [2.75, 3.05) is 5.32 Å². The average Bonchev–Trinajstić information content (AvgIpc) is 2.57. The Morgan fingerprint density at radius 1 is 1.37 bits per heavy atom. The van der Waals surface area contributed by atoms with Crippen LogP contribution < -0.4 is 5.32 Å². The van der Waals surface area contributed by atoms with Crippen LogP contribution in [0.5, 0.6) is 0 Å². The Kier molecular flexibility index (Phi) is 3.86. The number of nitrogens with one attached hydrogen (secondary N) is 1. The molecule has 0 bridgehead atoms. The summed E-state index contributed by atoms with van der Waals surface area (Å²) in [5.74, 6) is -0.742. The monoisotopic (exact) mass is 340 g/mol. The van der Waals surface area contributed by atoms with Crippen LogP contribution in [0, 0.1) is 5.41 Å². The van der Waals surface area contributed by atoms with E-state index in [0.29, 0.717) is 23.4 Å². The molecule has 0 unspecified atom stereocenters. The second kappa shape index (κ2) is 4.88. The van der Waals surface area contributed by atoms with Gasteiger partial charge in [-0.15, -0.1) is 0 Å². The maximum atomic E-state index is 12.0. The number of alkyl halides is 3. The minimum atomic E-state index is -2.05. The highest BCUT2D eigenvalue weighted by Crippen LogP contribution is 2.38. The number of Topliss-reactive ketones (excluding diaryl/α,β-unsaturated/α-hetero) is 1. The van der Waals surface area contributed by atoms with E-state index < -0.39 is 9.70 Å². The SMILES string of the molecule is CC1(C)CC(=O)c2sc(NC(=O)C(Cl)(Cl)Cl)nc2C1. The first-order chi connectivity index (χ1) is 8.58. The molecule has 19 heavy (non-hydrogen) atoms. The fraction of sp³-hybridized carbons (Fsp3) is 0.545. The van der Waals surface area contributed by atoms with Crippen molar-refractivity contribution in [2.24, 2.45) is 5.41 Å². The summed E-state index contributed by atoms with van der Waals surface area (Å²) < 4.78 is -2.05. The molecule has 1 aromatic rings. The van der Waals surface area contributed by atoms with Gasteiger partial charge in [-0.25, -0.2) is 4.98 Å². The van der Waals surface area contributed by atoms with Gasteiger partial charge in [-0.2, -0.15) is 0 Å². The molecular formula is C11H11Cl3N2O2S. The number of carbonyl (C=O) groups is 2. The van der Waals surface area contributed by atoms with E-state index in [2.05, 4.69) is 10.3 Å². The van der Waals surface area contributed by atoms with Gasteiger partial charge in [-0.3, -0.25) is 14.9 Å². The number of carbonyl (C=O) groups excluding carboxylic acids is 2. The van der Waals surface area contributed by atoms with Gasteiger partial charge in [0, 0.05) is 6.42 Å². The average molecular weight is 342 g/mol. The lowest BCUT2D eigenvalue weighted by atomic mass is 9.78. The Balaban J connectivity index is 2.24. The number of anilines is 1. The van der Waals surface area contributed by atoms with E-state index in [1.807, 2.05) is 13.8 Å². The molecule has 2 rings (SSSR count). The van der Waals surface area contributed by atoms with Crippen LogP contribution in [0.3, 0.4) is 0 Å². The first-order valence-electron chi connectivity index (χ1n) is 5.49. The number of halogens is 3. The molecule has 1 aliphatic carbocycles. The van der Waals surface area contributed by atoms with E-state index in [9.17, 15) is 9.59 Å². The number of fused-ring (bicyclic) bond motifs is 1. The van der Waals surface area contributed by atoms with Gasteiger partial charge in [0.1, 0.15) is 0 Å². The molecule has 1 aromatic heterocycles. The van der Waals surface area contributed by atoms with Crippen LogP contribution in [0.4, 0.5) is 5.13 Å². The molecule has 8 heteroatoms. The van der Waals surface area contributed by atoms with Crippen molar-refractivity contribution in [3.8, 4) is 0 Å². The zero-order chi connectivity index (χ0) is 14.4. The molecule has 1 aliphatic rings. The maximum Gasteiger partial charge on any atom is 0.278 e. The van der Waals surface area contributed by atoms with Gasteiger partial charge in [0.2, 0.25) is 0 Å². The number of aromatic nitrogens is 1. The molecule has 0 fully saturated rings. The number of amides is 1. The number of hydrogen-bond donors (Lipinski definition) is 1. The quantitative estimate of drug-likeness (QED) is 0.794. The van der Waals surface area contributed by atoms with Crippen LogP contribution >= 0.6 is 46.1 Å². The van der Waals surface area contributed by atoms with Crippen molar-refractivity contribution in [3.05, 3.63) is 10.6 Å². The molecule has 1 heterocycles. The molecule has 0 saturated carbocycles. The minimum Gasteiger partial charge on any atom is -0.298 e. The third-order valence-corrected chi connectivity index (χ3v) is 4.28. The Hall–Kier alpha value is -0.360. The summed E-state index contributed by atoms with van der Waals surface area (Å²) in [6, 6.07) is 0. The largest absolute Gasteiger partial charge is 0.298 e. The first kappa shape index (κ1) is 15.0. The normalized spacial score (nSPS) is 18.1. The molecule has 1 amide bonds. The number of hydrogen-bond acceptors (Lipinski definition) is 4. The second-order valence-corrected chi connectivity index (χ2v) is 8.47. The van der Waals surface area contributed by atoms with Crippen LogP contribution in [0.2, 0.25) is 0 Å². The summed E-state index contributed by atoms with van der Waals surface area (Å²) in [6.45, 7) is 4.01. The van der Waals surface area contributed by atoms with E-state index in [1.54, 1.807) is 0 Å². The predicted molar refractivity (Wildman–Crippen MR) is 77.5 cm³/mol. The van der Waals surface area contributed by atoms with Crippen LogP contribution in [-0.2, 0) is 11.2 Å². The summed E-state index contributed by atoms with van der Waals surface area (Å²) in [6.07, 6.45) is 1.16. The molecule has 0 spiro atoms. The number of nitrogens with zero attached hydrogens (tertiary/aromatic N) is 1. The van der Waals surface area contributed by atoms with E-state index >= 15 is 0 Å². The predicted octanol–water partition coefficient (Wildman–Crippen LogP) is 3.61. The minimum absolute atomic E-state index is 0.0399. The van der Waals surface area contributed by atoms with Crippen molar-refractivity contribution in [2.45, 2.75) is 30.5 Å². The van der Waals surface area contributed by atoms with Crippen LogP contribution in [-0.4, -0.2) is 20.5 Å². The summed E-state index contributed by atoms with van der Waals surface area (Å²) in [5.41, 5.74) is 0.583. The van der Waals surface area contributed by atoms with Gasteiger partial charge in [-0.05, 0) is 11.8 Å². The third kappa shape index (κ3) is 3.40. The standard InChI is InChI=1S/C11H11Cl3N2O2S/c1-10(2)3-5-7(6(17)4-10)19-9(15-5)16-8(18)11(12,13)14/h3-4H2,1-2H3,(H,15,16,18). The van der Waals surface area contributed by atoms with Crippen molar-refractivity contribution in [3.63, 3.8) is 0 Å². The molecule has 0 saturated heterocycles. The first-order valence-corrected chi connectivity index (χ1v) is 7.45. The lowest BCUT2D eigenvalue weighted by Gasteiger charge is -2.26. The summed E-state index contributed by atoms with van der Waals surface area (Å²) in [5, 5.41) is 2.69. The lowest BCUT2D eigenvalue weighted by molar-refractivity contribution is -0.115. The Morgan fingerprint density at radius 3 is 2.58 bits per heavy atom. The second-order valence-electron chi connectivity index (χ2n) is 5.19. The molecule has 0 aromatic carbocycles. The van der Waals surface area contributed by atoms with Crippen molar-refractivity contribution in [1.29, 1.82) is 0 Å². The molecule has 0 radical (unpaired) electrons. The van der Waals surface area contributed by atoms with Gasteiger partial charge in [-0.1, -0.05) is 60.0 Å². The summed E-state index contributed by atoms with van der Waals surface area (Å²) in [7, 11) is 0. The number of rotatable bonds is 1. The molecule has 0 aliphatic heterocycles. The number of ketones is 1. The van der Waals surface area contributed by atoms with Crippen molar-refractivity contribution < 1.29 is 9.59 Å². The highest BCUT2D eigenvalue weighted by atomic mass is 35.6. The smallest absolute Gasteiger partial charge is 0.278 e. The summed E-state index contributed by atoms with van der Waals surface area (Å²) in [4.78, 5) is 28.3. The zero-order valence-corrected chi connectivity index (χ0v) is 13.3. The third-order valence-electron chi connectivity index (χ3n) is 2.71. The lowest BCUT2D eigenvalue weighted by Crippen LogP contribution is -2.27. The fourth-order valence-corrected chi connectivity index (χ4v) is 3.00. The van der Waals surface area contributed by atoms with Crippen molar-refractivity contribution >= 4 is 63.0 Å². The van der Waals surface area contributed by atoms with E-state index in [4.69, 9.17) is 34.8 Å². The molecular weight excluding hydrogens is 331 g/mol. The fourth-order valence-electron chi connectivity index (χ4n) is 1.94. The van der Waals surface area contributed by atoms with Crippen LogP contribution in [0.15, 0.2) is 0 Å². The Morgan fingerprint density at radius 2 is 2.00 bits per heavy atom. The summed E-state index contributed by atoms with van der Waals surface area (Å²) >= 11 is 17.5. The van der Waals surface area contributed by atoms with Crippen LogP contribution in [0.1, 0.15) is 35.6 Å². The topological polar surface area (TPSA) is 59.1 Å². The van der Waals surface area contributed by atoms with E-state index in [1.165, 1.54) is 0 Å². The maximum absolute atomic E-state index is 12.0. The Bertz CT molecular complexity index is 549. The highest BCUT2D eigenvalue weighted by molar-refractivity contribution is 7.17. The zero-order valence-electron chi connectivity index (χ0n) is 10.2. The van der Waals surface area contributed by atoms with Crippen LogP contribution in [0.25, 0.3) is 0 Å². The van der Waals surface area contributed by atoms with Gasteiger partial charge in [0.25, 0.3) is 9.70 Å². The van der Waals surface area contributed by atoms with Gasteiger partial charge < -0.3 is 0 Å².